The molecular formula is C17H18F2N4O2. The number of hydrogen-bond donors (Lipinski definition) is 0. The summed E-state index contributed by atoms with van der Waals surface area (Å²) in [5.74, 6) is 1.19. The van der Waals surface area contributed by atoms with Crippen LogP contribution in [0.1, 0.15) is 19.4 Å². The van der Waals surface area contributed by atoms with Gasteiger partial charge >= 0.3 is 6.61 Å². The first-order chi connectivity index (χ1) is 11.8. The van der Waals surface area contributed by atoms with Crippen LogP contribution in [0.4, 0.5) is 8.78 Å². The fourth-order valence-electron chi connectivity index (χ4n) is 3.03. The van der Waals surface area contributed by atoms with E-state index in [4.69, 9.17) is 10.00 Å². The minimum atomic E-state index is -2.89. The Balaban J connectivity index is 2.03. The van der Waals surface area contributed by atoms with Crippen molar-refractivity contribution in [2.24, 2.45) is 4.99 Å². The average Bonchev–Trinajstić information content (AvgIpc) is 2.87. The number of guanidine groups is 1. The van der Waals surface area contributed by atoms with E-state index in [2.05, 4.69) is 9.73 Å². The fourth-order valence-corrected chi connectivity index (χ4v) is 3.03. The highest BCUT2D eigenvalue weighted by atomic mass is 19.3. The highest BCUT2D eigenvalue weighted by Gasteiger charge is 2.39. The van der Waals surface area contributed by atoms with Crippen molar-refractivity contribution in [1.29, 1.82) is 5.26 Å². The third-order valence-electron chi connectivity index (χ3n) is 4.16. The lowest BCUT2D eigenvalue weighted by Crippen LogP contribution is -2.44. The topological polar surface area (TPSA) is 61.1 Å². The highest BCUT2D eigenvalue weighted by Crippen LogP contribution is 2.39. The maximum Gasteiger partial charge on any atom is 0.387 e. The molecule has 3 rings (SSSR count). The van der Waals surface area contributed by atoms with Gasteiger partial charge in [0.2, 0.25) is 12.2 Å². The molecule has 8 heteroatoms. The first-order valence-electron chi connectivity index (χ1n) is 7.77. The molecule has 0 aliphatic carbocycles. The fraction of sp³-hybridized carbons (Fsp3) is 0.412. The Hall–Kier alpha value is -2.82. The summed E-state index contributed by atoms with van der Waals surface area (Å²) in [5.41, 5.74) is 0.769. The lowest BCUT2D eigenvalue weighted by molar-refractivity contribution is -0.0499. The summed E-state index contributed by atoms with van der Waals surface area (Å²) < 4.78 is 35.4. The largest absolute Gasteiger partial charge is 0.481 e. The van der Waals surface area contributed by atoms with Crippen LogP contribution >= 0.6 is 0 Å². The second-order valence-electron chi connectivity index (χ2n) is 6.31. The van der Waals surface area contributed by atoms with Gasteiger partial charge in [-0.3, -0.25) is 0 Å². The van der Waals surface area contributed by atoms with Gasteiger partial charge in [-0.25, -0.2) is 0 Å². The molecule has 25 heavy (non-hydrogen) atoms. The third-order valence-corrected chi connectivity index (χ3v) is 4.16. The van der Waals surface area contributed by atoms with Gasteiger partial charge in [-0.05, 0) is 38.1 Å². The molecule has 1 fully saturated rings. The molecule has 0 atom stereocenters. The lowest BCUT2D eigenvalue weighted by Gasteiger charge is -2.38. The van der Waals surface area contributed by atoms with Gasteiger partial charge in [-0.15, -0.1) is 4.99 Å². The quantitative estimate of drug-likeness (QED) is 0.786. The van der Waals surface area contributed by atoms with Gasteiger partial charge in [-0.2, -0.15) is 14.0 Å². The van der Waals surface area contributed by atoms with Crippen LogP contribution in [0.2, 0.25) is 0 Å². The van der Waals surface area contributed by atoms with Crippen molar-refractivity contribution in [2.75, 3.05) is 20.1 Å². The maximum absolute atomic E-state index is 12.4. The number of ether oxygens (including phenoxy) is 2. The third kappa shape index (κ3) is 3.22. The molecule has 0 radical (unpaired) electrons. The van der Waals surface area contributed by atoms with E-state index in [1.807, 2.05) is 43.0 Å². The Morgan fingerprint density at radius 3 is 2.80 bits per heavy atom. The molecule has 0 unspecified atom stereocenters. The molecule has 1 aromatic rings. The van der Waals surface area contributed by atoms with Crippen LogP contribution in [0, 0.1) is 11.5 Å². The zero-order valence-electron chi connectivity index (χ0n) is 14.2. The molecule has 2 aliphatic heterocycles. The summed E-state index contributed by atoms with van der Waals surface area (Å²) in [7, 11) is 1.86. The molecule has 0 spiro atoms. The van der Waals surface area contributed by atoms with E-state index in [1.54, 1.807) is 6.07 Å². The van der Waals surface area contributed by atoms with E-state index in [0.717, 1.165) is 12.2 Å². The number of alkyl halides is 2. The van der Waals surface area contributed by atoms with Crippen molar-refractivity contribution >= 4 is 12.0 Å². The van der Waals surface area contributed by atoms with E-state index in [-0.39, 0.29) is 5.75 Å². The molecule has 0 bridgehead atoms. The molecule has 0 saturated carbocycles. The van der Waals surface area contributed by atoms with Gasteiger partial charge in [-0.1, -0.05) is 0 Å². The number of hydrogen-bond acceptors (Lipinski definition) is 4. The Morgan fingerprint density at radius 2 is 2.12 bits per heavy atom. The first-order valence-corrected chi connectivity index (χ1v) is 7.77. The number of fused-ring (bicyclic) bond motifs is 1. The van der Waals surface area contributed by atoms with E-state index in [1.165, 1.54) is 12.1 Å². The van der Waals surface area contributed by atoms with E-state index in [9.17, 15) is 8.78 Å². The van der Waals surface area contributed by atoms with Crippen molar-refractivity contribution in [1.82, 2.24) is 9.80 Å². The number of halogens is 2. The van der Waals surface area contributed by atoms with Crippen LogP contribution in [0.15, 0.2) is 28.9 Å². The van der Waals surface area contributed by atoms with Gasteiger partial charge in [0.05, 0.1) is 5.70 Å². The second kappa shape index (κ2) is 6.24. The molecule has 0 aromatic heterocycles. The normalized spacial score (nSPS) is 20.2. The van der Waals surface area contributed by atoms with Crippen LogP contribution in [-0.4, -0.2) is 48.1 Å². The second-order valence-corrected chi connectivity index (χ2v) is 6.31. The van der Waals surface area contributed by atoms with Gasteiger partial charge in [0.1, 0.15) is 17.1 Å². The van der Waals surface area contributed by atoms with Crippen LogP contribution in [-0.2, 0) is 0 Å². The summed E-state index contributed by atoms with van der Waals surface area (Å²) >= 11 is 0. The van der Waals surface area contributed by atoms with E-state index < -0.39 is 12.2 Å². The average molecular weight is 348 g/mol. The van der Waals surface area contributed by atoms with Crippen LogP contribution in [0.5, 0.6) is 11.5 Å². The lowest BCUT2D eigenvalue weighted by atomic mass is 9.96. The number of likely N-dealkylation sites (N-methyl/N-ethyl adjacent to an activating group) is 1. The molecular weight excluding hydrogens is 330 g/mol. The van der Waals surface area contributed by atoms with Gasteiger partial charge in [0.25, 0.3) is 0 Å². The standard InChI is InChI=1S/C17H18F2N4O2/c1-17(2)14(23-7-6-22(3)16(23)21-10-20)9-11-8-12(24-15(18)19)4-5-13(11)25-17/h4-5,8-9,15H,6-7H2,1-3H3. The zero-order chi connectivity index (χ0) is 18.2. The molecule has 6 nitrogen and oxygen atoms in total. The maximum atomic E-state index is 12.4. The molecule has 1 saturated heterocycles. The van der Waals surface area contributed by atoms with E-state index >= 15 is 0 Å². The highest BCUT2D eigenvalue weighted by molar-refractivity contribution is 5.86. The van der Waals surface area contributed by atoms with Crippen molar-refractivity contribution < 1.29 is 18.3 Å². The zero-order valence-corrected chi connectivity index (χ0v) is 14.2. The minimum absolute atomic E-state index is 0.0668. The number of benzene rings is 1. The summed E-state index contributed by atoms with van der Waals surface area (Å²) in [4.78, 5) is 7.68. The Labute approximate surface area is 144 Å². The van der Waals surface area contributed by atoms with Crippen LogP contribution in [0.25, 0.3) is 6.08 Å². The molecule has 0 amide bonds. The minimum Gasteiger partial charge on any atom is -0.481 e. The van der Waals surface area contributed by atoms with E-state index in [0.29, 0.717) is 23.8 Å². The van der Waals surface area contributed by atoms with Crippen molar-refractivity contribution in [2.45, 2.75) is 26.1 Å². The van der Waals surface area contributed by atoms with Gasteiger partial charge in [0.15, 0.2) is 0 Å². The van der Waals surface area contributed by atoms with Crippen LogP contribution < -0.4 is 9.47 Å². The predicted molar refractivity (Wildman–Crippen MR) is 88.1 cm³/mol. The molecule has 0 N–H and O–H groups in total. The van der Waals surface area contributed by atoms with Crippen molar-refractivity contribution in [3.8, 4) is 17.7 Å². The predicted octanol–water partition coefficient (Wildman–Crippen LogP) is 2.88. The summed E-state index contributed by atoms with van der Waals surface area (Å²) in [6.07, 6.45) is 3.68. The Bertz CT molecular complexity index is 783. The van der Waals surface area contributed by atoms with Crippen molar-refractivity contribution in [3.05, 3.63) is 29.5 Å². The molecule has 2 aliphatic rings. The number of rotatable bonds is 3. The summed E-state index contributed by atoms with van der Waals surface area (Å²) in [5, 5.41) is 8.94. The number of nitriles is 1. The Morgan fingerprint density at radius 1 is 1.36 bits per heavy atom. The molecule has 2 heterocycles. The Kier molecular flexibility index (Phi) is 4.25. The van der Waals surface area contributed by atoms with Gasteiger partial charge in [0, 0.05) is 25.7 Å². The molecule has 132 valence electrons. The first kappa shape index (κ1) is 17.0. The van der Waals surface area contributed by atoms with Crippen LogP contribution in [0.3, 0.4) is 0 Å². The van der Waals surface area contributed by atoms with Gasteiger partial charge < -0.3 is 19.3 Å². The monoisotopic (exact) mass is 348 g/mol. The number of nitrogens with zero attached hydrogens (tertiary/aromatic N) is 4. The smallest absolute Gasteiger partial charge is 0.387 e. The SMILES string of the molecule is CN1CCN(C2=Cc3cc(OC(F)F)ccc3OC2(C)C)C1=NC#N. The van der Waals surface area contributed by atoms with Crippen molar-refractivity contribution in [3.63, 3.8) is 0 Å². The number of aliphatic imine (C=N–C) groups is 1. The summed E-state index contributed by atoms with van der Waals surface area (Å²) in [6, 6.07) is 4.58. The summed E-state index contributed by atoms with van der Waals surface area (Å²) in [6.45, 7) is 2.30. The molecule has 1 aromatic carbocycles.